The molecular formula is C16H18BrNO2. The lowest BCUT2D eigenvalue weighted by molar-refractivity contribution is 0.409. The Kier molecular flexibility index (Phi) is 5.44. The molecular weight excluding hydrogens is 318 g/mol. The Bertz CT molecular complexity index is 572. The predicted molar refractivity (Wildman–Crippen MR) is 84.6 cm³/mol. The first-order valence-electron chi connectivity index (χ1n) is 6.54. The van der Waals surface area contributed by atoms with E-state index in [2.05, 4.69) is 40.3 Å². The van der Waals surface area contributed by atoms with Crippen molar-refractivity contribution in [1.82, 2.24) is 5.32 Å². The van der Waals surface area contributed by atoms with Crippen molar-refractivity contribution in [3.63, 3.8) is 0 Å². The molecule has 2 rings (SSSR count). The van der Waals surface area contributed by atoms with E-state index >= 15 is 0 Å². The summed E-state index contributed by atoms with van der Waals surface area (Å²) in [4.78, 5) is 0. The minimum atomic E-state index is 0.754. The van der Waals surface area contributed by atoms with Crippen molar-refractivity contribution in [3.8, 4) is 17.2 Å². The van der Waals surface area contributed by atoms with Crippen molar-refractivity contribution >= 4 is 15.9 Å². The van der Waals surface area contributed by atoms with E-state index in [-0.39, 0.29) is 0 Å². The van der Waals surface area contributed by atoms with E-state index in [9.17, 15) is 0 Å². The van der Waals surface area contributed by atoms with Gasteiger partial charge in [0.25, 0.3) is 0 Å². The standard InChI is InChI=1S/C16H18BrNO2/c1-3-18-11-12-7-8-16(15(17)9-12)20-14-6-4-5-13(10-14)19-2/h4-10,18H,3,11H2,1-2H3. The Morgan fingerprint density at radius 3 is 2.60 bits per heavy atom. The first kappa shape index (κ1) is 14.9. The summed E-state index contributed by atoms with van der Waals surface area (Å²) < 4.78 is 12.0. The van der Waals surface area contributed by atoms with Crippen LogP contribution < -0.4 is 14.8 Å². The molecule has 2 aromatic carbocycles. The fourth-order valence-electron chi connectivity index (χ4n) is 1.80. The maximum absolute atomic E-state index is 5.86. The highest BCUT2D eigenvalue weighted by molar-refractivity contribution is 9.10. The van der Waals surface area contributed by atoms with Crippen LogP contribution >= 0.6 is 15.9 Å². The Labute approximate surface area is 128 Å². The van der Waals surface area contributed by atoms with Crippen molar-refractivity contribution in [1.29, 1.82) is 0 Å². The molecule has 0 aliphatic rings. The van der Waals surface area contributed by atoms with E-state index in [1.807, 2.05) is 30.3 Å². The second kappa shape index (κ2) is 7.31. The third-order valence-corrected chi connectivity index (χ3v) is 3.46. The highest BCUT2D eigenvalue weighted by Gasteiger charge is 2.05. The van der Waals surface area contributed by atoms with Gasteiger partial charge >= 0.3 is 0 Å². The quantitative estimate of drug-likeness (QED) is 0.850. The Morgan fingerprint density at radius 2 is 1.90 bits per heavy atom. The number of halogens is 1. The minimum absolute atomic E-state index is 0.754. The van der Waals surface area contributed by atoms with Gasteiger partial charge in [-0.3, -0.25) is 0 Å². The molecule has 0 saturated carbocycles. The van der Waals surface area contributed by atoms with Gasteiger partial charge in [-0.25, -0.2) is 0 Å². The summed E-state index contributed by atoms with van der Waals surface area (Å²) in [5.74, 6) is 2.32. The molecule has 4 heteroatoms. The molecule has 3 nitrogen and oxygen atoms in total. The van der Waals surface area contributed by atoms with Crippen LogP contribution in [-0.2, 0) is 6.54 Å². The van der Waals surface area contributed by atoms with Gasteiger partial charge in [0.15, 0.2) is 0 Å². The summed E-state index contributed by atoms with van der Waals surface area (Å²) in [6.45, 7) is 3.91. The monoisotopic (exact) mass is 335 g/mol. The number of hydrogen-bond acceptors (Lipinski definition) is 3. The number of benzene rings is 2. The summed E-state index contributed by atoms with van der Waals surface area (Å²) in [6.07, 6.45) is 0. The third kappa shape index (κ3) is 3.99. The molecule has 0 bridgehead atoms. The third-order valence-electron chi connectivity index (χ3n) is 2.84. The number of rotatable bonds is 6. The Balaban J connectivity index is 2.12. The van der Waals surface area contributed by atoms with E-state index < -0.39 is 0 Å². The summed E-state index contributed by atoms with van der Waals surface area (Å²) in [5, 5.41) is 3.30. The van der Waals surface area contributed by atoms with Gasteiger partial charge in [0.1, 0.15) is 17.2 Å². The first-order valence-corrected chi connectivity index (χ1v) is 7.33. The number of methoxy groups -OCH3 is 1. The molecule has 106 valence electrons. The van der Waals surface area contributed by atoms with Crippen molar-refractivity contribution in [2.75, 3.05) is 13.7 Å². The molecule has 0 fully saturated rings. The zero-order valence-electron chi connectivity index (χ0n) is 11.7. The van der Waals surface area contributed by atoms with Gasteiger partial charge in [-0.15, -0.1) is 0 Å². The fraction of sp³-hybridized carbons (Fsp3) is 0.250. The van der Waals surface area contributed by atoms with Gasteiger partial charge in [-0.2, -0.15) is 0 Å². The van der Waals surface area contributed by atoms with Crippen LogP contribution in [0.2, 0.25) is 0 Å². The average molecular weight is 336 g/mol. The van der Waals surface area contributed by atoms with Crippen LogP contribution in [0.1, 0.15) is 12.5 Å². The molecule has 0 spiro atoms. The molecule has 0 unspecified atom stereocenters. The highest BCUT2D eigenvalue weighted by Crippen LogP contribution is 2.31. The fourth-order valence-corrected chi connectivity index (χ4v) is 2.31. The molecule has 0 aliphatic heterocycles. The molecule has 1 N–H and O–H groups in total. The van der Waals surface area contributed by atoms with E-state index in [0.29, 0.717) is 0 Å². The van der Waals surface area contributed by atoms with Crippen molar-refractivity contribution in [3.05, 3.63) is 52.5 Å². The molecule has 20 heavy (non-hydrogen) atoms. The number of hydrogen-bond donors (Lipinski definition) is 1. The van der Waals surface area contributed by atoms with Crippen LogP contribution in [-0.4, -0.2) is 13.7 Å². The number of nitrogens with one attached hydrogen (secondary N) is 1. The molecule has 2 aromatic rings. The number of ether oxygens (including phenoxy) is 2. The molecule has 0 amide bonds. The predicted octanol–water partition coefficient (Wildman–Crippen LogP) is 4.36. The van der Waals surface area contributed by atoms with Crippen molar-refractivity contribution < 1.29 is 9.47 Å². The molecule has 0 radical (unpaired) electrons. The van der Waals surface area contributed by atoms with Crippen molar-refractivity contribution in [2.24, 2.45) is 0 Å². The zero-order chi connectivity index (χ0) is 14.4. The Morgan fingerprint density at radius 1 is 1.10 bits per heavy atom. The average Bonchev–Trinajstić information content (AvgIpc) is 2.48. The molecule has 0 aliphatic carbocycles. The lowest BCUT2D eigenvalue weighted by Gasteiger charge is -2.10. The highest BCUT2D eigenvalue weighted by atomic mass is 79.9. The van der Waals surface area contributed by atoms with Crippen LogP contribution in [0.15, 0.2) is 46.9 Å². The van der Waals surface area contributed by atoms with E-state index in [4.69, 9.17) is 9.47 Å². The molecule has 0 heterocycles. The normalized spacial score (nSPS) is 10.3. The van der Waals surface area contributed by atoms with Crippen LogP contribution in [0.3, 0.4) is 0 Å². The van der Waals surface area contributed by atoms with Gasteiger partial charge in [-0.05, 0) is 52.3 Å². The molecule has 0 atom stereocenters. The molecule has 0 aromatic heterocycles. The van der Waals surface area contributed by atoms with Crippen LogP contribution in [0.4, 0.5) is 0 Å². The second-order valence-electron chi connectivity index (χ2n) is 4.33. The van der Waals surface area contributed by atoms with Crippen molar-refractivity contribution in [2.45, 2.75) is 13.5 Å². The summed E-state index contributed by atoms with van der Waals surface area (Å²) in [6, 6.07) is 13.7. The second-order valence-corrected chi connectivity index (χ2v) is 5.18. The maximum Gasteiger partial charge on any atom is 0.141 e. The summed E-state index contributed by atoms with van der Waals surface area (Å²) in [5.41, 5.74) is 1.22. The smallest absolute Gasteiger partial charge is 0.141 e. The lowest BCUT2D eigenvalue weighted by atomic mass is 10.2. The maximum atomic E-state index is 5.86. The summed E-state index contributed by atoms with van der Waals surface area (Å²) >= 11 is 3.55. The van der Waals surface area contributed by atoms with Crippen LogP contribution in [0, 0.1) is 0 Å². The first-order chi connectivity index (χ1) is 9.72. The van der Waals surface area contributed by atoms with Crippen LogP contribution in [0.5, 0.6) is 17.2 Å². The van der Waals surface area contributed by atoms with E-state index in [0.717, 1.165) is 34.8 Å². The minimum Gasteiger partial charge on any atom is -0.497 e. The lowest BCUT2D eigenvalue weighted by Crippen LogP contribution is -2.11. The van der Waals surface area contributed by atoms with Gasteiger partial charge < -0.3 is 14.8 Å². The Hall–Kier alpha value is -1.52. The van der Waals surface area contributed by atoms with Crippen LogP contribution in [0.25, 0.3) is 0 Å². The largest absolute Gasteiger partial charge is 0.497 e. The van der Waals surface area contributed by atoms with Gasteiger partial charge in [0, 0.05) is 12.6 Å². The topological polar surface area (TPSA) is 30.5 Å². The zero-order valence-corrected chi connectivity index (χ0v) is 13.2. The van der Waals surface area contributed by atoms with Gasteiger partial charge in [-0.1, -0.05) is 19.1 Å². The van der Waals surface area contributed by atoms with E-state index in [1.54, 1.807) is 7.11 Å². The SMILES string of the molecule is CCNCc1ccc(Oc2cccc(OC)c2)c(Br)c1. The van der Waals surface area contributed by atoms with E-state index in [1.165, 1.54) is 5.56 Å². The molecule has 0 saturated heterocycles. The van der Waals surface area contributed by atoms with Gasteiger partial charge in [0.05, 0.1) is 11.6 Å². The van der Waals surface area contributed by atoms with Gasteiger partial charge in [0.2, 0.25) is 0 Å². The summed E-state index contributed by atoms with van der Waals surface area (Å²) in [7, 11) is 1.64.